The molecule has 0 amide bonds. The average molecular weight is 153 g/mol. The van der Waals surface area contributed by atoms with E-state index in [1.807, 2.05) is 0 Å². The second kappa shape index (κ2) is 3.11. The topological polar surface area (TPSA) is 12.9 Å². The van der Waals surface area contributed by atoms with Crippen molar-refractivity contribution in [2.45, 2.75) is 6.92 Å². The first-order valence-corrected chi connectivity index (χ1v) is 2.98. The van der Waals surface area contributed by atoms with Gasteiger partial charge in [-0.25, -0.2) is 9.37 Å². The van der Waals surface area contributed by atoms with Gasteiger partial charge in [0.1, 0.15) is 0 Å². The molecule has 3 heteroatoms. The van der Waals surface area contributed by atoms with Gasteiger partial charge in [0, 0.05) is 11.8 Å². The lowest BCUT2D eigenvalue weighted by atomic mass is 10.3. The van der Waals surface area contributed by atoms with Gasteiger partial charge in [-0.15, -0.1) is 5.92 Å². The standard InChI is InChI=1S/C8H5F2N/c1-2-3-6-4-7(9)8(10)11-5-6/h4-5H,1H3. The minimum atomic E-state index is -1.09. The number of halogens is 2. The van der Waals surface area contributed by atoms with E-state index in [0.29, 0.717) is 5.56 Å². The summed E-state index contributed by atoms with van der Waals surface area (Å²) in [7, 11) is 0. The van der Waals surface area contributed by atoms with E-state index in [1.165, 1.54) is 6.20 Å². The summed E-state index contributed by atoms with van der Waals surface area (Å²) in [6.07, 6.45) is 1.19. The Balaban J connectivity index is 3.12. The molecule has 0 N–H and O–H groups in total. The molecule has 0 aliphatic rings. The maximum atomic E-state index is 12.4. The van der Waals surface area contributed by atoms with Gasteiger partial charge in [-0.05, 0) is 13.0 Å². The SMILES string of the molecule is CC#Cc1cnc(F)c(F)c1. The quantitative estimate of drug-likeness (QED) is 0.408. The van der Waals surface area contributed by atoms with Gasteiger partial charge in [-0.2, -0.15) is 4.39 Å². The van der Waals surface area contributed by atoms with Gasteiger partial charge in [0.05, 0.1) is 0 Å². The molecule has 0 aliphatic heterocycles. The number of pyridine rings is 1. The van der Waals surface area contributed by atoms with Gasteiger partial charge in [0.25, 0.3) is 0 Å². The summed E-state index contributed by atoms with van der Waals surface area (Å²) in [5.41, 5.74) is 0.381. The molecular formula is C8H5F2N. The molecule has 0 bridgehead atoms. The Morgan fingerprint density at radius 1 is 1.45 bits per heavy atom. The number of hydrogen-bond donors (Lipinski definition) is 0. The molecule has 0 aromatic carbocycles. The highest BCUT2D eigenvalue weighted by molar-refractivity contribution is 5.31. The Labute approximate surface area is 63.1 Å². The first-order chi connectivity index (χ1) is 5.24. The summed E-state index contributed by atoms with van der Waals surface area (Å²) in [6.45, 7) is 1.61. The van der Waals surface area contributed by atoms with Crippen LogP contribution in [-0.4, -0.2) is 4.98 Å². The zero-order chi connectivity index (χ0) is 8.27. The summed E-state index contributed by atoms with van der Waals surface area (Å²) in [6, 6.07) is 1.01. The fraction of sp³-hybridized carbons (Fsp3) is 0.125. The zero-order valence-electron chi connectivity index (χ0n) is 5.86. The van der Waals surface area contributed by atoms with Crippen LogP contribution in [0.1, 0.15) is 12.5 Å². The summed E-state index contributed by atoms with van der Waals surface area (Å²) < 4.78 is 24.6. The van der Waals surface area contributed by atoms with Crippen LogP contribution >= 0.6 is 0 Å². The number of nitrogens with zero attached hydrogens (tertiary/aromatic N) is 1. The maximum absolute atomic E-state index is 12.4. The van der Waals surface area contributed by atoms with Crippen LogP contribution in [0.5, 0.6) is 0 Å². The lowest BCUT2D eigenvalue weighted by molar-refractivity contribution is 0.479. The summed E-state index contributed by atoms with van der Waals surface area (Å²) in [4.78, 5) is 3.15. The van der Waals surface area contributed by atoms with Crippen molar-refractivity contribution in [3.8, 4) is 11.8 Å². The van der Waals surface area contributed by atoms with E-state index >= 15 is 0 Å². The maximum Gasteiger partial charge on any atom is 0.248 e. The molecule has 0 atom stereocenters. The van der Waals surface area contributed by atoms with Crippen molar-refractivity contribution in [3.63, 3.8) is 0 Å². The first kappa shape index (κ1) is 7.67. The molecule has 0 fully saturated rings. The van der Waals surface area contributed by atoms with Crippen LogP contribution in [-0.2, 0) is 0 Å². The van der Waals surface area contributed by atoms with Crippen LogP contribution in [0, 0.1) is 23.6 Å². The van der Waals surface area contributed by atoms with Crippen LogP contribution in [0.15, 0.2) is 12.3 Å². The van der Waals surface area contributed by atoms with Crippen LogP contribution in [0.3, 0.4) is 0 Å². The Morgan fingerprint density at radius 2 is 2.18 bits per heavy atom. The Morgan fingerprint density at radius 3 is 2.73 bits per heavy atom. The van der Waals surface area contributed by atoms with E-state index in [-0.39, 0.29) is 0 Å². The smallest absolute Gasteiger partial charge is 0.224 e. The van der Waals surface area contributed by atoms with Crippen molar-refractivity contribution in [3.05, 3.63) is 29.6 Å². The first-order valence-electron chi connectivity index (χ1n) is 2.98. The molecule has 0 spiro atoms. The number of aromatic nitrogens is 1. The van der Waals surface area contributed by atoms with Crippen molar-refractivity contribution in [2.24, 2.45) is 0 Å². The largest absolute Gasteiger partial charge is 0.248 e. The molecule has 56 valence electrons. The second-order valence-corrected chi connectivity index (χ2v) is 1.87. The molecule has 0 aliphatic carbocycles. The van der Waals surface area contributed by atoms with Gasteiger partial charge < -0.3 is 0 Å². The van der Waals surface area contributed by atoms with E-state index in [4.69, 9.17) is 0 Å². The van der Waals surface area contributed by atoms with Gasteiger partial charge in [0.15, 0.2) is 5.82 Å². The van der Waals surface area contributed by atoms with Crippen LogP contribution in [0.25, 0.3) is 0 Å². The minimum Gasteiger partial charge on any atom is -0.224 e. The molecule has 11 heavy (non-hydrogen) atoms. The molecule has 1 nitrogen and oxygen atoms in total. The van der Waals surface area contributed by atoms with E-state index < -0.39 is 11.8 Å². The highest BCUT2D eigenvalue weighted by Gasteiger charge is 2.01. The Bertz CT molecular complexity index is 323. The van der Waals surface area contributed by atoms with Crippen molar-refractivity contribution in [2.75, 3.05) is 0 Å². The number of rotatable bonds is 0. The van der Waals surface area contributed by atoms with Crippen molar-refractivity contribution < 1.29 is 8.78 Å². The minimum absolute atomic E-state index is 0.381. The normalized spacial score (nSPS) is 8.64. The molecule has 1 aromatic heterocycles. The lowest BCUT2D eigenvalue weighted by Gasteiger charge is -1.90. The average Bonchev–Trinajstić information content (AvgIpc) is 1.98. The van der Waals surface area contributed by atoms with Crippen LogP contribution < -0.4 is 0 Å². The molecule has 0 saturated heterocycles. The van der Waals surface area contributed by atoms with Gasteiger partial charge >= 0.3 is 0 Å². The second-order valence-electron chi connectivity index (χ2n) is 1.87. The highest BCUT2D eigenvalue weighted by atomic mass is 19.2. The lowest BCUT2D eigenvalue weighted by Crippen LogP contribution is -1.89. The Hall–Kier alpha value is -1.43. The molecule has 0 unspecified atom stereocenters. The van der Waals surface area contributed by atoms with E-state index in [9.17, 15) is 8.78 Å². The van der Waals surface area contributed by atoms with Gasteiger partial charge in [-0.3, -0.25) is 0 Å². The third kappa shape index (κ3) is 1.74. The van der Waals surface area contributed by atoms with Crippen LogP contribution in [0.2, 0.25) is 0 Å². The molecule has 0 radical (unpaired) electrons. The van der Waals surface area contributed by atoms with Gasteiger partial charge in [0.2, 0.25) is 5.95 Å². The summed E-state index contributed by atoms with van der Waals surface area (Å²) >= 11 is 0. The fourth-order valence-corrected chi connectivity index (χ4v) is 0.634. The highest BCUT2D eigenvalue weighted by Crippen LogP contribution is 2.03. The third-order valence-electron chi connectivity index (χ3n) is 1.07. The van der Waals surface area contributed by atoms with Crippen LogP contribution in [0.4, 0.5) is 8.78 Å². The number of hydrogen-bond acceptors (Lipinski definition) is 1. The molecule has 0 saturated carbocycles. The zero-order valence-corrected chi connectivity index (χ0v) is 5.86. The molecule has 1 rings (SSSR count). The van der Waals surface area contributed by atoms with E-state index in [1.54, 1.807) is 6.92 Å². The molecular weight excluding hydrogens is 148 g/mol. The predicted octanol–water partition coefficient (Wildman–Crippen LogP) is 1.73. The van der Waals surface area contributed by atoms with E-state index in [2.05, 4.69) is 16.8 Å². The molecule has 1 heterocycles. The third-order valence-corrected chi connectivity index (χ3v) is 1.07. The summed E-state index contributed by atoms with van der Waals surface area (Å²) in [5, 5.41) is 0. The summed E-state index contributed by atoms with van der Waals surface area (Å²) in [5.74, 6) is 3.05. The predicted molar refractivity (Wildman–Crippen MR) is 36.7 cm³/mol. The fourth-order valence-electron chi connectivity index (χ4n) is 0.634. The van der Waals surface area contributed by atoms with Gasteiger partial charge in [-0.1, -0.05) is 5.92 Å². The van der Waals surface area contributed by atoms with Crippen molar-refractivity contribution in [1.82, 2.24) is 4.98 Å². The molecule has 1 aromatic rings. The van der Waals surface area contributed by atoms with E-state index in [0.717, 1.165) is 6.07 Å². The monoisotopic (exact) mass is 153 g/mol. The van der Waals surface area contributed by atoms with Crippen molar-refractivity contribution in [1.29, 1.82) is 0 Å². The van der Waals surface area contributed by atoms with Crippen molar-refractivity contribution >= 4 is 0 Å². The Kier molecular flexibility index (Phi) is 2.17.